The summed E-state index contributed by atoms with van der Waals surface area (Å²) in [5.74, 6) is 0.904. The second-order valence-corrected chi connectivity index (χ2v) is 6.31. The highest BCUT2D eigenvalue weighted by Gasteiger charge is 2.25. The van der Waals surface area contributed by atoms with Crippen molar-refractivity contribution in [2.75, 3.05) is 11.9 Å². The Balaban J connectivity index is 1.73. The lowest BCUT2D eigenvalue weighted by molar-refractivity contribution is 0.112. The molecule has 3 nitrogen and oxygen atoms in total. The van der Waals surface area contributed by atoms with Crippen LogP contribution < -0.4 is 5.32 Å². The molecule has 3 heteroatoms. The van der Waals surface area contributed by atoms with E-state index in [9.17, 15) is 0 Å². The van der Waals surface area contributed by atoms with Gasteiger partial charge in [0, 0.05) is 24.0 Å². The molecule has 3 rings (SSSR count). The van der Waals surface area contributed by atoms with Gasteiger partial charge in [0.05, 0.1) is 0 Å². The van der Waals surface area contributed by atoms with Crippen molar-refractivity contribution < 1.29 is 0 Å². The molecule has 0 spiro atoms. The lowest BCUT2D eigenvalue weighted by Crippen LogP contribution is -2.38. The molecule has 22 heavy (non-hydrogen) atoms. The topological polar surface area (TPSA) is 28.2 Å². The number of benzene rings is 1. The van der Waals surface area contributed by atoms with E-state index >= 15 is 0 Å². The monoisotopic (exact) mass is 295 g/mol. The third-order valence-corrected chi connectivity index (χ3v) is 4.42. The summed E-state index contributed by atoms with van der Waals surface area (Å²) in [6.07, 6.45) is 5.91. The van der Waals surface area contributed by atoms with Crippen LogP contribution in [0.15, 0.2) is 48.7 Å². The van der Waals surface area contributed by atoms with Gasteiger partial charge in [-0.05, 0) is 57.0 Å². The number of anilines is 2. The van der Waals surface area contributed by atoms with Crippen molar-refractivity contribution >= 4 is 11.5 Å². The molecule has 116 valence electrons. The molecule has 0 saturated carbocycles. The summed E-state index contributed by atoms with van der Waals surface area (Å²) in [5, 5.41) is 3.34. The average molecular weight is 295 g/mol. The highest BCUT2D eigenvalue weighted by atomic mass is 15.2. The molecule has 0 aliphatic carbocycles. The van der Waals surface area contributed by atoms with Crippen molar-refractivity contribution in [1.29, 1.82) is 0 Å². The molecular formula is C19H25N3. The van der Waals surface area contributed by atoms with E-state index in [0.29, 0.717) is 12.1 Å². The van der Waals surface area contributed by atoms with Crippen LogP contribution >= 0.6 is 0 Å². The number of nitrogens with one attached hydrogen (secondary N) is 1. The number of aromatic nitrogens is 1. The fraction of sp³-hybridized carbons (Fsp3) is 0.421. The van der Waals surface area contributed by atoms with Crippen LogP contribution in [0.1, 0.15) is 44.7 Å². The molecule has 0 radical (unpaired) electrons. The maximum Gasteiger partial charge on any atom is 0.130 e. The van der Waals surface area contributed by atoms with Gasteiger partial charge in [-0.1, -0.05) is 30.7 Å². The van der Waals surface area contributed by atoms with Crippen molar-refractivity contribution in [3.63, 3.8) is 0 Å². The Morgan fingerprint density at radius 1 is 1.09 bits per heavy atom. The first-order valence-electron chi connectivity index (χ1n) is 8.28. The molecule has 1 saturated heterocycles. The zero-order valence-electron chi connectivity index (χ0n) is 13.5. The van der Waals surface area contributed by atoms with Crippen molar-refractivity contribution in [2.24, 2.45) is 0 Å². The maximum absolute atomic E-state index is 4.61. The first kappa shape index (κ1) is 15.0. The largest absolute Gasteiger partial charge is 0.340 e. The predicted molar refractivity (Wildman–Crippen MR) is 92.4 cm³/mol. The zero-order valence-corrected chi connectivity index (χ0v) is 13.5. The molecule has 1 aromatic heterocycles. The number of para-hydroxylation sites is 1. The Morgan fingerprint density at radius 3 is 2.59 bits per heavy atom. The van der Waals surface area contributed by atoms with Crippen molar-refractivity contribution in [1.82, 2.24) is 9.88 Å². The second-order valence-electron chi connectivity index (χ2n) is 6.31. The van der Waals surface area contributed by atoms with Gasteiger partial charge in [-0.25, -0.2) is 4.98 Å². The van der Waals surface area contributed by atoms with Crippen LogP contribution in [-0.2, 0) is 0 Å². The van der Waals surface area contributed by atoms with Gasteiger partial charge in [0.2, 0.25) is 0 Å². The minimum atomic E-state index is 0.520. The van der Waals surface area contributed by atoms with E-state index < -0.39 is 0 Å². The van der Waals surface area contributed by atoms with Crippen LogP contribution in [-0.4, -0.2) is 22.5 Å². The number of piperidine rings is 1. The van der Waals surface area contributed by atoms with Gasteiger partial charge in [0.15, 0.2) is 0 Å². The minimum Gasteiger partial charge on any atom is -0.340 e. The first-order chi connectivity index (χ1) is 10.7. The molecular weight excluding hydrogens is 270 g/mol. The molecule has 0 amide bonds. The van der Waals surface area contributed by atoms with Gasteiger partial charge < -0.3 is 5.32 Å². The fourth-order valence-electron chi connectivity index (χ4n) is 3.28. The Morgan fingerprint density at radius 2 is 1.91 bits per heavy atom. The lowest BCUT2D eigenvalue weighted by Gasteiger charge is -2.38. The number of likely N-dealkylation sites (tertiary alicyclic amines) is 1. The number of hydrogen-bond acceptors (Lipinski definition) is 3. The SMILES string of the molecule is CC(C)N1CCCCC1c1ccc(Nc2ccccc2)nc1. The van der Waals surface area contributed by atoms with E-state index in [1.165, 1.54) is 31.4 Å². The second kappa shape index (κ2) is 6.93. The molecule has 1 aromatic carbocycles. The van der Waals surface area contributed by atoms with E-state index in [4.69, 9.17) is 0 Å². The van der Waals surface area contributed by atoms with Gasteiger partial charge in [-0.15, -0.1) is 0 Å². The fourth-order valence-corrected chi connectivity index (χ4v) is 3.28. The van der Waals surface area contributed by atoms with E-state index in [2.05, 4.69) is 53.3 Å². The van der Waals surface area contributed by atoms with Crippen LogP contribution in [0.5, 0.6) is 0 Å². The molecule has 0 bridgehead atoms. The van der Waals surface area contributed by atoms with Crippen molar-refractivity contribution in [2.45, 2.75) is 45.2 Å². The van der Waals surface area contributed by atoms with Gasteiger partial charge in [0.25, 0.3) is 0 Å². The number of rotatable bonds is 4. The molecule has 2 aromatic rings. The summed E-state index contributed by atoms with van der Waals surface area (Å²) in [4.78, 5) is 7.21. The lowest BCUT2D eigenvalue weighted by atomic mass is 9.95. The van der Waals surface area contributed by atoms with Crippen LogP contribution in [0.25, 0.3) is 0 Å². The van der Waals surface area contributed by atoms with Crippen LogP contribution in [0.3, 0.4) is 0 Å². The number of pyridine rings is 1. The van der Waals surface area contributed by atoms with Gasteiger partial charge in [-0.2, -0.15) is 0 Å². The van der Waals surface area contributed by atoms with Gasteiger partial charge in [0.1, 0.15) is 5.82 Å². The normalized spacial score (nSPS) is 19.3. The predicted octanol–water partition coefficient (Wildman–Crippen LogP) is 4.76. The van der Waals surface area contributed by atoms with E-state index in [0.717, 1.165) is 11.5 Å². The molecule has 2 heterocycles. The maximum atomic E-state index is 4.61. The summed E-state index contributed by atoms with van der Waals surface area (Å²) < 4.78 is 0. The quantitative estimate of drug-likeness (QED) is 0.881. The summed E-state index contributed by atoms with van der Waals surface area (Å²) >= 11 is 0. The van der Waals surface area contributed by atoms with Gasteiger partial charge in [-0.3, -0.25) is 4.90 Å². The Kier molecular flexibility index (Phi) is 4.74. The van der Waals surface area contributed by atoms with Crippen molar-refractivity contribution in [3.8, 4) is 0 Å². The molecule has 1 aliphatic heterocycles. The summed E-state index contributed by atoms with van der Waals surface area (Å²) in [5.41, 5.74) is 2.41. The molecule has 1 unspecified atom stereocenters. The van der Waals surface area contributed by atoms with E-state index in [1.807, 2.05) is 24.4 Å². The third kappa shape index (κ3) is 3.47. The summed E-state index contributed by atoms with van der Waals surface area (Å²) in [7, 11) is 0. The van der Waals surface area contributed by atoms with E-state index in [-0.39, 0.29) is 0 Å². The highest BCUT2D eigenvalue weighted by molar-refractivity contribution is 5.55. The minimum absolute atomic E-state index is 0.520. The molecule has 1 aliphatic rings. The smallest absolute Gasteiger partial charge is 0.130 e. The standard InChI is InChI=1S/C19H25N3/c1-15(2)22-13-7-6-10-18(22)16-11-12-19(20-14-16)21-17-8-4-3-5-9-17/h3-5,8-9,11-12,14-15,18H,6-7,10,13H2,1-2H3,(H,20,21). The highest BCUT2D eigenvalue weighted by Crippen LogP contribution is 2.32. The molecule has 1 fully saturated rings. The Labute approximate surface area is 133 Å². The van der Waals surface area contributed by atoms with Crippen LogP contribution in [0.2, 0.25) is 0 Å². The average Bonchev–Trinajstić information content (AvgIpc) is 2.56. The number of hydrogen-bond donors (Lipinski definition) is 1. The number of nitrogens with zero attached hydrogens (tertiary/aromatic N) is 2. The Bertz CT molecular complexity index is 577. The van der Waals surface area contributed by atoms with Crippen molar-refractivity contribution in [3.05, 3.63) is 54.2 Å². The van der Waals surface area contributed by atoms with E-state index in [1.54, 1.807) is 0 Å². The third-order valence-electron chi connectivity index (χ3n) is 4.42. The van der Waals surface area contributed by atoms with Crippen LogP contribution in [0, 0.1) is 0 Å². The molecule has 1 N–H and O–H groups in total. The zero-order chi connectivity index (χ0) is 15.4. The summed E-state index contributed by atoms with van der Waals surface area (Å²) in [6, 6.07) is 15.6. The first-order valence-corrected chi connectivity index (χ1v) is 8.28. The summed E-state index contributed by atoms with van der Waals surface area (Å²) in [6.45, 7) is 5.78. The van der Waals surface area contributed by atoms with Crippen LogP contribution in [0.4, 0.5) is 11.5 Å². The van der Waals surface area contributed by atoms with Gasteiger partial charge >= 0.3 is 0 Å². The Hall–Kier alpha value is -1.87. The molecule has 1 atom stereocenters.